The highest BCUT2D eigenvalue weighted by Crippen LogP contribution is 2.22. The average molecular weight is 273 g/mol. The van der Waals surface area contributed by atoms with E-state index in [1.807, 2.05) is 0 Å². The smallest absolute Gasteiger partial charge is 0.109 e. The zero-order valence-corrected chi connectivity index (χ0v) is 13.1. The Bertz CT molecular complexity index is 569. The van der Waals surface area contributed by atoms with Gasteiger partial charge in [-0.2, -0.15) is 0 Å². The summed E-state index contributed by atoms with van der Waals surface area (Å²) in [6.45, 7) is 8.39. The second kappa shape index (κ2) is 6.89. The van der Waals surface area contributed by atoms with Gasteiger partial charge in [0.2, 0.25) is 0 Å². The molecule has 1 aromatic carbocycles. The number of imidazole rings is 1. The van der Waals surface area contributed by atoms with Crippen LogP contribution in [0.1, 0.15) is 49.6 Å². The number of nitrogens with two attached hydrogens (primary N) is 1. The van der Waals surface area contributed by atoms with Crippen LogP contribution in [0.25, 0.3) is 11.0 Å². The van der Waals surface area contributed by atoms with Crippen LogP contribution in [0.2, 0.25) is 0 Å². The van der Waals surface area contributed by atoms with Crippen LogP contribution in [0, 0.1) is 13.8 Å². The summed E-state index contributed by atoms with van der Waals surface area (Å²) in [7, 11) is 0. The molecule has 0 aliphatic rings. The Kier molecular flexibility index (Phi) is 5.18. The van der Waals surface area contributed by atoms with Gasteiger partial charge in [-0.05, 0) is 56.5 Å². The van der Waals surface area contributed by atoms with E-state index in [4.69, 9.17) is 10.7 Å². The number of hydrogen-bond acceptors (Lipinski definition) is 2. The first-order valence-corrected chi connectivity index (χ1v) is 7.83. The monoisotopic (exact) mass is 273 g/mol. The normalized spacial score (nSPS) is 11.4. The minimum absolute atomic E-state index is 0.732. The summed E-state index contributed by atoms with van der Waals surface area (Å²) in [5.74, 6) is 1.20. The van der Waals surface area contributed by atoms with E-state index in [9.17, 15) is 0 Å². The van der Waals surface area contributed by atoms with E-state index in [2.05, 4.69) is 37.5 Å². The van der Waals surface area contributed by atoms with Crippen molar-refractivity contribution in [3.8, 4) is 0 Å². The molecule has 2 aromatic rings. The van der Waals surface area contributed by atoms with E-state index >= 15 is 0 Å². The number of aryl methyl sites for hydroxylation is 4. The van der Waals surface area contributed by atoms with Gasteiger partial charge in [0.15, 0.2) is 0 Å². The van der Waals surface area contributed by atoms with E-state index in [1.54, 1.807) is 0 Å². The fourth-order valence-electron chi connectivity index (χ4n) is 2.65. The SMILES string of the molecule is CCCCCn1c(CCCN)nc2cc(C)c(C)cc21. The highest BCUT2D eigenvalue weighted by molar-refractivity contribution is 5.78. The number of unbranched alkanes of at least 4 members (excludes halogenated alkanes) is 2. The van der Waals surface area contributed by atoms with Crippen molar-refractivity contribution in [2.75, 3.05) is 6.54 Å². The van der Waals surface area contributed by atoms with Crippen LogP contribution in [0.3, 0.4) is 0 Å². The molecule has 0 atom stereocenters. The number of fused-ring (bicyclic) bond motifs is 1. The lowest BCUT2D eigenvalue weighted by Crippen LogP contribution is -2.07. The van der Waals surface area contributed by atoms with Gasteiger partial charge in [0.25, 0.3) is 0 Å². The molecule has 1 aromatic heterocycles. The van der Waals surface area contributed by atoms with Crippen molar-refractivity contribution in [3.05, 3.63) is 29.1 Å². The Morgan fingerprint density at radius 2 is 1.85 bits per heavy atom. The molecule has 0 bridgehead atoms. The number of nitrogens with zero attached hydrogens (tertiary/aromatic N) is 2. The maximum absolute atomic E-state index is 5.65. The Balaban J connectivity index is 2.38. The molecule has 0 fully saturated rings. The fraction of sp³-hybridized carbons (Fsp3) is 0.588. The summed E-state index contributed by atoms with van der Waals surface area (Å²) in [5, 5.41) is 0. The summed E-state index contributed by atoms with van der Waals surface area (Å²) in [5.41, 5.74) is 10.7. The summed E-state index contributed by atoms with van der Waals surface area (Å²) in [6, 6.07) is 4.50. The molecule has 0 aliphatic carbocycles. The van der Waals surface area contributed by atoms with Crippen molar-refractivity contribution in [2.24, 2.45) is 5.73 Å². The minimum Gasteiger partial charge on any atom is -0.330 e. The van der Waals surface area contributed by atoms with Gasteiger partial charge in [0, 0.05) is 13.0 Å². The number of aromatic nitrogens is 2. The summed E-state index contributed by atoms with van der Waals surface area (Å²) >= 11 is 0. The van der Waals surface area contributed by atoms with Gasteiger partial charge < -0.3 is 10.3 Å². The van der Waals surface area contributed by atoms with Crippen molar-refractivity contribution < 1.29 is 0 Å². The molecule has 0 amide bonds. The zero-order valence-electron chi connectivity index (χ0n) is 13.1. The second-order valence-electron chi connectivity index (χ2n) is 5.70. The maximum atomic E-state index is 5.65. The molecule has 110 valence electrons. The second-order valence-corrected chi connectivity index (χ2v) is 5.70. The lowest BCUT2D eigenvalue weighted by molar-refractivity contribution is 0.585. The largest absolute Gasteiger partial charge is 0.330 e. The number of rotatable bonds is 7. The Morgan fingerprint density at radius 3 is 2.55 bits per heavy atom. The molecule has 2 N–H and O–H groups in total. The molecule has 20 heavy (non-hydrogen) atoms. The van der Waals surface area contributed by atoms with Crippen LogP contribution in [0.5, 0.6) is 0 Å². The topological polar surface area (TPSA) is 43.8 Å². The van der Waals surface area contributed by atoms with Crippen molar-refractivity contribution >= 4 is 11.0 Å². The van der Waals surface area contributed by atoms with Gasteiger partial charge in [0.1, 0.15) is 5.82 Å². The third kappa shape index (κ3) is 3.21. The third-order valence-electron chi connectivity index (χ3n) is 4.03. The Hall–Kier alpha value is -1.35. The van der Waals surface area contributed by atoms with E-state index in [1.165, 1.54) is 41.7 Å². The van der Waals surface area contributed by atoms with Gasteiger partial charge in [-0.15, -0.1) is 0 Å². The van der Waals surface area contributed by atoms with Gasteiger partial charge in [-0.3, -0.25) is 0 Å². The fourth-order valence-corrected chi connectivity index (χ4v) is 2.65. The standard InChI is InChI=1S/C17H27N3/c1-4-5-6-10-20-16-12-14(3)13(2)11-15(16)19-17(20)8-7-9-18/h11-12H,4-10,18H2,1-3H3. The molecule has 3 nitrogen and oxygen atoms in total. The number of hydrogen-bond donors (Lipinski definition) is 1. The molecule has 0 saturated carbocycles. The van der Waals surface area contributed by atoms with Gasteiger partial charge in [-0.1, -0.05) is 19.8 Å². The maximum Gasteiger partial charge on any atom is 0.109 e. The first kappa shape index (κ1) is 15.0. The van der Waals surface area contributed by atoms with Crippen LogP contribution in [-0.2, 0) is 13.0 Å². The highest BCUT2D eigenvalue weighted by Gasteiger charge is 2.11. The van der Waals surface area contributed by atoms with Gasteiger partial charge >= 0.3 is 0 Å². The van der Waals surface area contributed by atoms with Crippen molar-refractivity contribution in [1.82, 2.24) is 9.55 Å². The third-order valence-corrected chi connectivity index (χ3v) is 4.03. The van der Waals surface area contributed by atoms with Crippen molar-refractivity contribution in [1.29, 1.82) is 0 Å². The molecule has 0 aliphatic heterocycles. The van der Waals surface area contributed by atoms with E-state index in [-0.39, 0.29) is 0 Å². The molecule has 1 heterocycles. The highest BCUT2D eigenvalue weighted by atomic mass is 15.1. The van der Waals surface area contributed by atoms with E-state index in [0.717, 1.165) is 31.4 Å². The molecular weight excluding hydrogens is 246 g/mol. The van der Waals surface area contributed by atoms with E-state index in [0.29, 0.717) is 0 Å². The first-order chi connectivity index (χ1) is 9.67. The molecule has 0 unspecified atom stereocenters. The predicted molar refractivity (Wildman–Crippen MR) is 86.1 cm³/mol. The van der Waals surface area contributed by atoms with Crippen molar-refractivity contribution in [3.63, 3.8) is 0 Å². The van der Waals surface area contributed by atoms with Crippen LogP contribution < -0.4 is 5.73 Å². The van der Waals surface area contributed by atoms with E-state index < -0.39 is 0 Å². The molecule has 0 saturated heterocycles. The van der Waals surface area contributed by atoms with Crippen LogP contribution in [-0.4, -0.2) is 16.1 Å². The van der Waals surface area contributed by atoms with Crippen LogP contribution in [0.15, 0.2) is 12.1 Å². The Labute approximate surface area is 122 Å². The summed E-state index contributed by atoms with van der Waals surface area (Å²) in [4.78, 5) is 4.84. The van der Waals surface area contributed by atoms with Crippen LogP contribution >= 0.6 is 0 Å². The first-order valence-electron chi connectivity index (χ1n) is 7.83. The minimum atomic E-state index is 0.732. The summed E-state index contributed by atoms with van der Waals surface area (Å²) < 4.78 is 2.41. The Morgan fingerprint density at radius 1 is 1.10 bits per heavy atom. The van der Waals surface area contributed by atoms with Crippen molar-refractivity contribution in [2.45, 2.75) is 59.4 Å². The molecule has 0 spiro atoms. The molecule has 2 rings (SSSR count). The zero-order chi connectivity index (χ0) is 14.5. The lowest BCUT2D eigenvalue weighted by atomic mass is 10.1. The van der Waals surface area contributed by atoms with Gasteiger partial charge in [-0.25, -0.2) is 4.98 Å². The summed E-state index contributed by atoms with van der Waals surface area (Å²) in [6.07, 6.45) is 5.75. The average Bonchev–Trinajstić information content (AvgIpc) is 2.75. The molecular formula is C17H27N3. The number of benzene rings is 1. The molecule has 0 radical (unpaired) electrons. The van der Waals surface area contributed by atoms with Gasteiger partial charge in [0.05, 0.1) is 11.0 Å². The van der Waals surface area contributed by atoms with Crippen LogP contribution in [0.4, 0.5) is 0 Å². The quantitative estimate of drug-likeness (QED) is 0.781. The lowest BCUT2D eigenvalue weighted by Gasteiger charge is -2.09. The molecule has 3 heteroatoms. The predicted octanol–water partition coefficient (Wildman–Crippen LogP) is 3.73.